The summed E-state index contributed by atoms with van der Waals surface area (Å²) < 4.78 is 51.6. The van der Waals surface area contributed by atoms with E-state index >= 15 is 0 Å². The van der Waals surface area contributed by atoms with Gasteiger partial charge in [-0.25, -0.2) is 21.2 Å². The van der Waals surface area contributed by atoms with Crippen LogP contribution in [0, 0.1) is 18.6 Å². The average molecular weight is 335 g/mol. The topological polar surface area (TPSA) is 39.1 Å². The van der Waals surface area contributed by atoms with Crippen LogP contribution in [0.3, 0.4) is 0 Å². The molecular formula is C11H7BrF2NO2S. The van der Waals surface area contributed by atoms with Crippen molar-refractivity contribution in [2.24, 2.45) is 0 Å². The Balaban J connectivity index is 2.65. The zero-order chi connectivity index (χ0) is 13.5. The molecule has 0 aliphatic rings. The van der Waals surface area contributed by atoms with Crippen LogP contribution in [0.2, 0.25) is 0 Å². The molecule has 2 aromatic rings. The van der Waals surface area contributed by atoms with Crippen molar-refractivity contribution in [1.29, 1.82) is 0 Å². The van der Waals surface area contributed by atoms with Crippen molar-refractivity contribution < 1.29 is 17.2 Å². The molecule has 0 amide bonds. The monoisotopic (exact) mass is 334 g/mol. The molecule has 0 saturated heterocycles. The lowest BCUT2D eigenvalue weighted by Gasteiger charge is -2.08. The van der Waals surface area contributed by atoms with Crippen LogP contribution in [-0.2, 0) is 10.0 Å². The van der Waals surface area contributed by atoms with Gasteiger partial charge in [-0.1, -0.05) is 0 Å². The maximum atomic E-state index is 13.5. The Morgan fingerprint density at radius 1 is 1.22 bits per heavy atom. The fraction of sp³-hybridized carbons (Fsp3) is 0. The molecule has 0 saturated carbocycles. The summed E-state index contributed by atoms with van der Waals surface area (Å²) in [6.07, 6.45) is 1.24. The highest BCUT2D eigenvalue weighted by Gasteiger charge is 2.23. The third kappa shape index (κ3) is 2.20. The minimum Gasteiger partial charge on any atom is -0.235 e. The van der Waals surface area contributed by atoms with Crippen molar-refractivity contribution in [3.8, 4) is 0 Å². The second kappa shape index (κ2) is 4.47. The zero-order valence-electron chi connectivity index (χ0n) is 8.90. The van der Waals surface area contributed by atoms with Gasteiger partial charge in [0.2, 0.25) is 0 Å². The highest BCUT2D eigenvalue weighted by atomic mass is 79.9. The summed E-state index contributed by atoms with van der Waals surface area (Å²) in [7, 11) is -4.11. The molecule has 1 aromatic heterocycles. The molecule has 7 heteroatoms. The Kier molecular flexibility index (Phi) is 3.29. The van der Waals surface area contributed by atoms with Gasteiger partial charge >= 0.3 is 0 Å². The lowest BCUT2D eigenvalue weighted by Crippen LogP contribution is -2.14. The van der Waals surface area contributed by atoms with Gasteiger partial charge in [-0.3, -0.25) is 0 Å². The number of nitrogens with zero attached hydrogens (tertiary/aromatic N) is 1. The van der Waals surface area contributed by atoms with E-state index in [0.29, 0.717) is 11.6 Å². The first-order valence-corrected chi connectivity index (χ1v) is 6.96. The second-order valence-electron chi connectivity index (χ2n) is 3.55. The molecule has 0 N–H and O–H groups in total. The molecule has 0 aliphatic carbocycles. The molecule has 1 radical (unpaired) electrons. The van der Waals surface area contributed by atoms with Gasteiger partial charge in [0.25, 0.3) is 10.0 Å². The molecule has 0 atom stereocenters. The van der Waals surface area contributed by atoms with Gasteiger partial charge in [-0.05, 0) is 46.6 Å². The third-order valence-electron chi connectivity index (χ3n) is 2.23. The number of hydrogen-bond donors (Lipinski definition) is 0. The van der Waals surface area contributed by atoms with Gasteiger partial charge in [-0.15, -0.1) is 0 Å². The standard InChI is InChI=1S/C11H7BrF2NO2S/c1-7-4-11(12)15(6-7)18(16,17)10-3-2-8(13)5-9(10)14/h2-6H,1H2. The van der Waals surface area contributed by atoms with Crippen molar-refractivity contribution in [3.63, 3.8) is 0 Å². The molecule has 0 fully saturated rings. The molecular weight excluding hydrogens is 328 g/mol. The summed E-state index contributed by atoms with van der Waals surface area (Å²) in [5, 5.41) is 0. The van der Waals surface area contributed by atoms with Crippen LogP contribution >= 0.6 is 15.9 Å². The highest BCUT2D eigenvalue weighted by molar-refractivity contribution is 9.10. The van der Waals surface area contributed by atoms with E-state index in [1.54, 1.807) is 0 Å². The van der Waals surface area contributed by atoms with Crippen LogP contribution in [0.4, 0.5) is 8.78 Å². The Hall–Kier alpha value is -1.21. The fourth-order valence-electron chi connectivity index (χ4n) is 1.44. The number of halogens is 3. The summed E-state index contributed by atoms with van der Waals surface area (Å²) >= 11 is 3.04. The predicted octanol–water partition coefficient (Wildman–Crippen LogP) is 2.95. The van der Waals surface area contributed by atoms with E-state index in [4.69, 9.17) is 0 Å². The zero-order valence-corrected chi connectivity index (χ0v) is 11.3. The normalized spacial score (nSPS) is 11.8. The second-order valence-corrected chi connectivity index (χ2v) is 6.14. The molecule has 0 bridgehead atoms. The van der Waals surface area contributed by atoms with Crippen LogP contribution < -0.4 is 0 Å². The van der Waals surface area contributed by atoms with Gasteiger partial charge in [0.1, 0.15) is 21.1 Å². The van der Waals surface area contributed by atoms with Gasteiger partial charge in [0.15, 0.2) is 0 Å². The molecule has 2 rings (SSSR count). The lowest BCUT2D eigenvalue weighted by atomic mass is 10.3. The van der Waals surface area contributed by atoms with E-state index in [1.807, 2.05) is 0 Å². The first kappa shape index (κ1) is 13.2. The minimum atomic E-state index is -4.11. The van der Waals surface area contributed by atoms with Crippen LogP contribution in [0.25, 0.3) is 0 Å². The Morgan fingerprint density at radius 3 is 2.39 bits per heavy atom. The van der Waals surface area contributed by atoms with E-state index in [9.17, 15) is 17.2 Å². The SMILES string of the molecule is [CH2]c1cc(Br)n(S(=O)(=O)c2ccc(F)cc2F)c1. The molecule has 0 aliphatic heterocycles. The van der Waals surface area contributed by atoms with Crippen LogP contribution in [0.5, 0.6) is 0 Å². The molecule has 95 valence electrons. The smallest absolute Gasteiger partial charge is 0.235 e. The predicted molar refractivity (Wildman–Crippen MR) is 65.5 cm³/mol. The maximum absolute atomic E-state index is 13.5. The Bertz CT molecular complexity index is 710. The van der Waals surface area contributed by atoms with E-state index in [2.05, 4.69) is 22.9 Å². The van der Waals surface area contributed by atoms with Crippen LogP contribution in [0.15, 0.2) is 40.0 Å². The quantitative estimate of drug-likeness (QED) is 0.847. The third-order valence-corrected chi connectivity index (χ3v) is 4.78. The number of rotatable bonds is 2. The summed E-state index contributed by atoms with van der Waals surface area (Å²) in [6.45, 7) is 3.58. The number of aromatic nitrogens is 1. The van der Waals surface area contributed by atoms with Crippen LogP contribution in [-0.4, -0.2) is 12.4 Å². The molecule has 18 heavy (non-hydrogen) atoms. The van der Waals surface area contributed by atoms with Crippen molar-refractivity contribution in [2.45, 2.75) is 4.90 Å². The van der Waals surface area contributed by atoms with Gasteiger partial charge in [0, 0.05) is 12.3 Å². The van der Waals surface area contributed by atoms with Crippen molar-refractivity contribution in [1.82, 2.24) is 3.97 Å². The summed E-state index contributed by atoms with van der Waals surface area (Å²) in [5.41, 5.74) is 0.452. The van der Waals surface area contributed by atoms with Gasteiger partial charge < -0.3 is 0 Å². The lowest BCUT2D eigenvalue weighted by molar-refractivity contribution is 0.545. The van der Waals surface area contributed by atoms with E-state index in [0.717, 1.165) is 16.1 Å². The summed E-state index contributed by atoms with van der Waals surface area (Å²) in [5.74, 6) is -1.97. The van der Waals surface area contributed by atoms with E-state index in [-0.39, 0.29) is 4.60 Å². The highest BCUT2D eigenvalue weighted by Crippen LogP contribution is 2.24. The molecule has 0 spiro atoms. The maximum Gasteiger partial charge on any atom is 0.271 e. The average Bonchev–Trinajstić information content (AvgIpc) is 2.57. The first-order chi connectivity index (χ1) is 8.32. The Morgan fingerprint density at radius 2 is 1.89 bits per heavy atom. The van der Waals surface area contributed by atoms with E-state index in [1.165, 1.54) is 12.3 Å². The number of benzene rings is 1. The molecule has 1 aromatic carbocycles. The fourth-order valence-corrected chi connectivity index (χ4v) is 3.72. The Labute approximate surface area is 111 Å². The van der Waals surface area contributed by atoms with Crippen molar-refractivity contribution in [2.75, 3.05) is 0 Å². The minimum absolute atomic E-state index is 0.219. The molecule has 3 nitrogen and oxygen atoms in total. The summed E-state index contributed by atoms with van der Waals surface area (Å²) in [6, 6.07) is 3.77. The van der Waals surface area contributed by atoms with Crippen LogP contribution in [0.1, 0.15) is 5.56 Å². The van der Waals surface area contributed by atoms with Gasteiger partial charge in [0.05, 0.1) is 0 Å². The first-order valence-electron chi connectivity index (χ1n) is 4.73. The molecule has 1 heterocycles. The van der Waals surface area contributed by atoms with Crippen molar-refractivity contribution in [3.05, 3.63) is 59.2 Å². The van der Waals surface area contributed by atoms with Gasteiger partial charge in [-0.2, -0.15) is 0 Å². The summed E-state index contributed by atoms with van der Waals surface area (Å²) in [4.78, 5) is -0.597. The largest absolute Gasteiger partial charge is 0.271 e. The molecule has 0 unspecified atom stereocenters. The number of hydrogen-bond acceptors (Lipinski definition) is 2. The van der Waals surface area contributed by atoms with Crippen molar-refractivity contribution >= 4 is 26.0 Å². The van der Waals surface area contributed by atoms with E-state index < -0.39 is 26.6 Å².